The summed E-state index contributed by atoms with van der Waals surface area (Å²) in [5, 5.41) is 14.6. The summed E-state index contributed by atoms with van der Waals surface area (Å²) in [5.74, 6) is 0.771. The molecule has 5 nitrogen and oxygen atoms in total. The number of nitrogens with one attached hydrogen (secondary N) is 1. The van der Waals surface area contributed by atoms with Crippen LogP contribution < -0.4 is 5.43 Å². The van der Waals surface area contributed by atoms with Crippen molar-refractivity contribution in [2.75, 3.05) is 0 Å². The highest BCUT2D eigenvalue weighted by Gasteiger charge is 2.07. The number of thiocarbonyl (C=S) groups is 1. The fourth-order valence-corrected chi connectivity index (χ4v) is 2.94. The van der Waals surface area contributed by atoms with E-state index >= 15 is 0 Å². The van der Waals surface area contributed by atoms with Crippen LogP contribution in [0.15, 0.2) is 47.6 Å². The molecule has 0 unspecified atom stereocenters. The summed E-state index contributed by atoms with van der Waals surface area (Å²) in [6.07, 6.45) is 1.52. The van der Waals surface area contributed by atoms with Crippen molar-refractivity contribution in [3.8, 4) is 0 Å². The van der Waals surface area contributed by atoms with E-state index in [1.807, 2.05) is 30.3 Å². The van der Waals surface area contributed by atoms with Gasteiger partial charge in [0.1, 0.15) is 0 Å². The Morgan fingerprint density at radius 3 is 2.81 bits per heavy atom. The number of thioether (sulfide) groups is 1. The van der Waals surface area contributed by atoms with E-state index in [1.165, 1.54) is 29.6 Å². The van der Waals surface area contributed by atoms with Crippen LogP contribution in [-0.2, 0) is 5.75 Å². The second kappa shape index (κ2) is 7.87. The number of hydrogen-bond acceptors (Lipinski definition) is 6. The van der Waals surface area contributed by atoms with E-state index in [1.54, 1.807) is 6.07 Å². The molecule has 21 heavy (non-hydrogen) atoms. The molecule has 1 aromatic carbocycles. The quantitative estimate of drug-likeness (QED) is 0.389. The summed E-state index contributed by atoms with van der Waals surface area (Å²) < 4.78 is 0.557. The number of nitrogens with zero attached hydrogens (tertiary/aromatic N) is 2. The molecule has 0 radical (unpaired) electrons. The Morgan fingerprint density at radius 2 is 2.14 bits per heavy atom. The Morgan fingerprint density at radius 1 is 1.38 bits per heavy atom. The molecule has 0 amide bonds. The molecule has 108 valence electrons. The average molecular weight is 337 g/mol. The van der Waals surface area contributed by atoms with Crippen LogP contribution in [0.1, 0.15) is 10.4 Å². The summed E-state index contributed by atoms with van der Waals surface area (Å²) in [4.78, 5) is 10.8. The van der Waals surface area contributed by atoms with E-state index in [0.717, 1.165) is 17.1 Å². The number of nitro groups is 1. The lowest BCUT2D eigenvalue weighted by molar-refractivity contribution is -0.380. The first-order valence-electron chi connectivity index (χ1n) is 5.89. The molecule has 0 spiro atoms. The van der Waals surface area contributed by atoms with Gasteiger partial charge in [-0.05, 0) is 11.6 Å². The van der Waals surface area contributed by atoms with E-state index in [4.69, 9.17) is 12.2 Å². The SMILES string of the molecule is O=[N+]([O-])c1ccc(/C=N/NC(=S)SCc2ccccc2)s1. The third kappa shape index (κ3) is 5.25. The number of hydrogen-bond donors (Lipinski definition) is 1. The number of thiophene rings is 1. The molecular formula is C13H11N3O2S3. The lowest BCUT2D eigenvalue weighted by Crippen LogP contribution is -2.11. The van der Waals surface area contributed by atoms with Crippen molar-refractivity contribution in [1.82, 2.24) is 5.43 Å². The van der Waals surface area contributed by atoms with Gasteiger partial charge in [0.15, 0.2) is 4.32 Å². The Hall–Kier alpha value is -1.77. The van der Waals surface area contributed by atoms with Crippen LogP contribution in [0.25, 0.3) is 0 Å². The van der Waals surface area contributed by atoms with Crippen molar-refractivity contribution in [2.24, 2.45) is 5.10 Å². The summed E-state index contributed by atoms with van der Waals surface area (Å²) in [6, 6.07) is 13.1. The fraction of sp³-hybridized carbons (Fsp3) is 0.0769. The summed E-state index contributed by atoms with van der Waals surface area (Å²) in [7, 11) is 0. The van der Waals surface area contributed by atoms with E-state index < -0.39 is 4.92 Å². The molecule has 0 aliphatic rings. The van der Waals surface area contributed by atoms with Gasteiger partial charge < -0.3 is 0 Å². The highest BCUT2D eigenvalue weighted by atomic mass is 32.2. The number of benzene rings is 1. The molecule has 1 heterocycles. The Bertz CT molecular complexity index is 656. The van der Waals surface area contributed by atoms with Gasteiger partial charge in [0, 0.05) is 11.8 Å². The van der Waals surface area contributed by atoms with Crippen molar-refractivity contribution >= 4 is 50.9 Å². The molecule has 1 N–H and O–H groups in total. The van der Waals surface area contributed by atoms with Crippen LogP contribution in [0.2, 0.25) is 0 Å². The van der Waals surface area contributed by atoms with Crippen LogP contribution in [0, 0.1) is 10.1 Å². The molecule has 0 atom stereocenters. The molecule has 8 heteroatoms. The molecule has 0 bridgehead atoms. The van der Waals surface area contributed by atoms with Gasteiger partial charge in [-0.1, -0.05) is 65.6 Å². The maximum absolute atomic E-state index is 10.5. The molecule has 2 rings (SSSR count). The smallest absolute Gasteiger partial charge is 0.262 e. The van der Waals surface area contributed by atoms with Gasteiger partial charge in [0.25, 0.3) is 0 Å². The van der Waals surface area contributed by atoms with Crippen LogP contribution >= 0.6 is 35.3 Å². The molecule has 0 aliphatic carbocycles. The minimum absolute atomic E-state index is 0.0949. The van der Waals surface area contributed by atoms with Gasteiger partial charge in [-0.15, -0.1) is 0 Å². The first-order valence-corrected chi connectivity index (χ1v) is 8.10. The zero-order valence-electron chi connectivity index (χ0n) is 10.8. The van der Waals surface area contributed by atoms with Gasteiger partial charge in [-0.25, -0.2) is 0 Å². The van der Waals surface area contributed by atoms with Crippen LogP contribution in [0.4, 0.5) is 5.00 Å². The number of rotatable bonds is 5. The minimum atomic E-state index is -0.421. The topological polar surface area (TPSA) is 67.5 Å². The van der Waals surface area contributed by atoms with E-state index in [0.29, 0.717) is 9.20 Å². The van der Waals surface area contributed by atoms with Gasteiger partial charge >= 0.3 is 5.00 Å². The Kier molecular flexibility index (Phi) is 5.85. The maximum Gasteiger partial charge on any atom is 0.324 e. The van der Waals surface area contributed by atoms with Crippen molar-refractivity contribution in [1.29, 1.82) is 0 Å². The molecule has 0 aliphatic heterocycles. The third-order valence-electron chi connectivity index (χ3n) is 2.35. The van der Waals surface area contributed by atoms with Crippen molar-refractivity contribution < 1.29 is 4.92 Å². The normalized spacial score (nSPS) is 10.7. The fourth-order valence-electron chi connectivity index (χ4n) is 1.41. The number of hydrazone groups is 1. The first-order chi connectivity index (χ1) is 10.1. The average Bonchev–Trinajstić information content (AvgIpc) is 2.95. The highest BCUT2D eigenvalue weighted by Crippen LogP contribution is 2.22. The zero-order valence-corrected chi connectivity index (χ0v) is 13.2. The predicted octanol–water partition coefficient (Wildman–Crippen LogP) is 3.80. The second-order valence-electron chi connectivity index (χ2n) is 3.86. The van der Waals surface area contributed by atoms with E-state index in [-0.39, 0.29) is 5.00 Å². The van der Waals surface area contributed by atoms with Crippen molar-refractivity contribution in [3.63, 3.8) is 0 Å². The molecule has 0 fully saturated rings. The summed E-state index contributed by atoms with van der Waals surface area (Å²) in [6.45, 7) is 0. The van der Waals surface area contributed by atoms with Gasteiger partial charge in [0.05, 0.1) is 16.0 Å². The Labute approximate surface area is 135 Å². The Balaban J connectivity index is 1.77. The molecule has 2 aromatic rings. The third-order valence-corrected chi connectivity index (χ3v) is 4.60. The minimum Gasteiger partial charge on any atom is -0.262 e. The maximum atomic E-state index is 10.5. The standard InChI is InChI=1S/C13H11N3O2S3/c17-16(18)12-7-6-11(21-12)8-14-15-13(19)20-9-10-4-2-1-3-5-10/h1-8H,9H2,(H,15,19)/b14-8+. The van der Waals surface area contributed by atoms with Crippen molar-refractivity contribution in [3.05, 3.63) is 63.0 Å². The summed E-state index contributed by atoms with van der Waals surface area (Å²) >= 11 is 7.69. The van der Waals surface area contributed by atoms with Gasteiger partial charge in [-0.2, -0.15) is 5.10 Å². The second-order valence-corrected chi connectivity index (χ2v) is 6.61. The van der Waals surface area contributed by atoms with E-state index in [9.17, 15) is 10.1 Å². The largest absolute Gasteiger partial charge is 0.324 e. The van der Waals surface area contributed by atoms with Crippen LogP contribution in [0.3, 0.4) is 0 Å². The zero-order chi connectivity index (χ0) is 15.1. The molecule has 0 saturated heterocycles. The molecule has 1 aromatic heterocycles. The summed E-state index contributed by atoms with van der Waals surface area (Å²) in [5.41, 5.74) is 3.93. The molecule has 0 saturated carbocycles. The highest BCUT2D eigenvalue weighted by molar-refractivity contribution is 8.22. The van der Waals surface area contributed by atoms with Gasteiger partial charge in [-0.3, -0.25) is 15.5 Å². The predicted molar refractivity (Wildman–Crippen MR) is 92.0 cm³/mol. The lowest BCUT2D eigenvalue weighted by atomic mass is 10.2. The van der Waals surface area contributed by atoms with Crippen LogP contribution in [0.5, 0.6) is 0 Å². The van der Waals surface area contributed by atoms with Crippen molar-refractivity contribution in [2.45, 2.75) is 5.75 Å². The van der Waals surface area contributed by atoms with E-state index in [2.05, 4.69) is 10.5 Å². The van der Waals surface area contributed by atoms with Crippen LogP contribution in [-0.4, -0.2) is 15.5 Å². The molecular weight excluding hydrogens is 326 g/mol. The lowest BCUT2D eigenvalue weighted by Gasteiger charge is -2.02. The van der Waals surface area contributed by atoms with Gasteiger partial charge in [0.2, 0.25) is 0 Å². The monoisotopic (exact) mass is 337 g/mol. The first kappa shape index (κ1) is 15.6.